The lowest BCUT2D eigenvalue weighted by Gasteiger charge is -2.27. The van der Waals surface area contributed by atoms with E-state index in [1.165, 1.54) is 113 Å². The summed E-state index contributed by atoms with van der Waals surface area (Å²) in [5.74, 6) is 0.352. The second-order valence-electron chi connectivity index (χ2n) is 14.5. The molecule has 0 bridgehead atoms. The summed E-state index contributed by atoms with van der Waals surface area (Å²) < 4.78 is 42.7. The fraction of sp³-hybridized carbons (Fsp3) is 0.692. The highest BCUT2D eigenvalue weighted by molar-refractivity contribution is 7.47. The first-order valence-electron chi connectivity index (χ1n) is 19.9. The van der Waals surface area contributed by atoms with E-state index in [9.17, 15) is 24.9 Å². The number of hydrogen-bond acceptors (Lipinski definition) is 13. The van der Waals surface area contributed by atoms with Gasteiger partial charge in [0, 0.05) is 18.9 Å². The molecule has 6 atom stereocenters. The summed E-state index contributed by atoms with van der Waals surface area (Å²) in [5.41, 5.74) is 5.69. The lowest BCUT2D eigenvalue weighted by Crippen LogP contribution is -2.39. The lowest BCUT2D eigenvalue weighted by molar-refractivity contribution is -0.0892. The molecule has 15 nitrogen and oxygen atoms in total. The van der Waals surface area contributed by atoms with Gasteiger partial charge in [-0.25, -0.2) is 19.0 Å². The molecule has 4 heterocycles. The topological polar surface area (TPSA) is 217 Å². The van der Waals surface area contributed by atoms with E-state index in [-0.39, 0.29) is 18.3 Å². The molecule has 1 aliphatic heterocycles. The molecule has 306 valence electrons. The maximum atomic E-state index is 13.0. The van der Waals surface area contributed by atoms with Crippen molar-refractivity contribution in [2.45, 2.75) is 147 Å². The minimum atomic E-state index is -4.71. The number of phosphoric acid groups is 1. The highest BCUT2D eigenvalue weighted by Crippen LogP contribution is 2.46. The number of anilines is 1. The molecule has 1 unspecified atom stereocenters. The van der Waals surface area contributed by atoms with E-state index in [4.69, 9.17) is 29.0 Å². The van der Waals surface area contributed by atoms with Gasteiger partial charge in [0.05, 0.1) is 37.1 Å². The highest BCUT2D eigenvalue weighted by Gasteiger charge is 2.54. The van der Waals surface area contributed by atoms with Crippen LogP contribution in [-0.2, 0) is 28.7 Å². The zero-order valence-electron chi connectivity index (χ0n) is 32.5. The number of rotatable bonds is 28. The number of ether oxygens (including phenoxy) is 3. The van der Waals surface area contributed by atoms with Crippen LogP contribution in [-0.4, -0.2) is 85.5 Å². The highest BCUT2D eigenvalue weighted by atomic mass is 31.2. The number of aliphatic hydroxyl groups is 2. The Hall–Kier alpha value is -3.19. The second-order valence-corrected chi connectivity index (χ2v) is 16.0. The van der Waals surface area contributed by atoms with Crippen LogP contribution in [0.2, 0.25) is 0 Å². The molecule has 0 aromatic carbocycles. The monoisotopic (exact) mass is 788 g/mol. The molecule has 3 aromatic rings. The number of aromatic nitrogens is 4. The molecule has 4 rings (SSSR count). The fourth-order valence-electron chi connectivity index (χ4n) is 6.84. The van der Waals surface area contributed by atoms with E-state index in [1.54, 1.807) is 19.1 Å². The average molecular weight is 789 g/mol. The van der Waals surface area contributed by atoms with Crippen molar-refractivity contribution in [2.24, 2.45) is 0 Å². The Morgan fingerprint density at radius 1 is 0.945 bits per heavy atom. The molecule has 16 heteroatoms. The van der Waals surface area contributed by atoms with Gasteiger partial charge in [-0.2, -0.15) is 10.4 Å². The number of phosphoric ester groups is 1. The number of nitrogen functional groups attached to an aromatic ring is 1. The van der Waals surface area contributed by atoms with Gasteiger partial charge >= 0.3 is 7.82 Å². The summed E-state index contributed by atoms with van der Waals surface area (Å²) in [5, 5.41) is 35.3. The standard InChI is InChI=1S/C39H61N6O9P/c1-3-4-5-6-7-8-9-10-11-12-13-14-15-16-17-18-23-50-26-31(53-35-24-30(25-40)21-22-42-35)27-51-55(48,49)52-28-33-36(46)37(47)39(2,54-33)34-20-19-32-38(41)43-29-44-45(32)34/h19-22,24,29,31,33,36-37,46-47H,3-18,23,26-28H2,1-2H3,(H,48,49)(H2,41,43,44)/t31-,33-,36-,37-,39+/m1/s1. The number of hydrogen-bond donors (Lipinski definition) is 4. The van der Waals surface area contributed by atoms with Gasteiger partial charge in [0.2, 0.25) is 5.88 Å². The number of nitriles is 1. The Kier molecular flexibility index (Phi) is 18.7. The number of nitrogens with zero attached hydrogens (tertiary/aromatic N) is 5. The van der Waals surface area contributed by atoms with E-state index in [1.807, 2.05) is 6.07 Å². The average Bonchev–Trinajstić information content (AvgIpc) is 3.72. The number of nitrogens with two attached hydrogens (primary N) is 1. The minimum Gasteiger partial charge on any atom is -0.469 e. The summed E-state index contributed by atoms with van der Waals surface area (Å²) >= 11 is 0. The molecule has 1 saturated heterocycles. The van der Waals surface area contributed by atoms with Crippen molar-refractivity contribution in [3.63, 3.8) is 0 Å². The molecular weight excluding hydrogens is 727 g/mol. The Labute approximate surface area is 325 Å². The largest absolute Gasteiger partial charge is 0.472 e. The van der Waals surface area contributed by atoms with Crippen molar-refractivity contribution in [1.82, 2.24) is 19.6 Å². The van der Waals surface area contributed by atoms with Crippen LogP contribution in [0.1, 0.15) is 128 Å². The Balaban J connectivity index is 1.16. The van der Waals surface area contributed by atoms with Gasteiger partial charge in [0.25, 0.3) is 0 Å². The van der Waals surface area contributed by atoms with Gasteiger partial charge in [-0.15, -0.1) is 0 Å². The maximum Gasteiger partial charge on any atom is 0.472 e. The van der Waals surface area contributed by atoms with Gasteiger partial charge in [0.1, 0.15) is 41.9 Å². The molecule has 0 spiro atoms. The molecular formula is C39H61N6O9P. The van der Waals surface area contributed by atoms with Crippen LogP contribution in [0.25, 0.3) is 5.52 Å². The third-order valence-electron chi connectivity index (χ3n) is 10.1. The van der Waals surface area contributed by atoms with Crippen molar-refractivity contribution in [3.8, 4) is 11.9 Å². The molecule has 0 aliphatic carbocycles. The Morgan fingerprint density at radius 3 is 2.22 bits per heavy atom. The van der Waals surface area contributed by atoms with E-state index in [0.29, 0.717) is 23.4 Å². The smallest absolute Gasteiger partial charge is 0.469 e. The van der Waals surface area contributed by atoms with Crippen LogP contribution in [0, 0.1) is 11.3 Å². The molecule has 0 amide bonds. The summed E-state index contributed by atoms with van der Waals surface area (Å²) in [6.07, 6.45) is 18.1. The molecule has 1 fully saturated rings. The molecule has 0 radical (unpaired) electrons. The van der Waals surface area contributed by atoms with Crippen molar-refractivity contribution >= 4 is 19.2 Å². The van der Waals surface area contributed by atoms with Crippen molar-refractivity contribution < 1.29 is 42.9 Å². The maximum absolute atomic E-state index is 13.0. The number of aliphatic hydroxyl groups excluding tert-OH is 2. The van der Waals surface area contributed by atoms with Crippen LogP contribution in [0.5, 0.6) is 5.88 Å². The quantitative estimate of drug-likeness (QED) is 0.0441. The third kappa shape index (κ3) is 14.1. The molecule has 0 saturated carbocycles. The predicted octanol–water partition coefficient (Wildman–Crippen LogP) is 6.77. The summed E-state index contributed by atoms with van der Waals surface area (Å²) in [6, 6.07) is 8.31. The van der Waals surface area contributed by atoms with Crippen molar-refractivity contribution in [3.05, 3.63) is 48.0 Å². The predicted molar refractivity (Wildman–Crippen MR) is 207 cm³/mol. The van der Waals surface area contributed by atoms with Crippen molar-refractivity contribution in [1.29, 1.82) is 5.26 Å². The van der Waals surface area contributed by atoms with E-state index in [0.717, 1.165) is 19.3 Å². The first-order valence-corrected chi connectivity index (χ1v) is 21.4. The van der Waals surface area contributed by atoms with Gasteiger partial charge in [0.15, 0.2) is 5.82 Å². The van der Waals surface area contributed by atoms with E-state index >= 15 is 0 Å². The van der Waals surface area contributed by atoms with Crippen LogP contribution < -0.4 is 10.5 Å². The number of pyridine rings is 1. The Bertz CT molecular complexity index is 1660. The van der Waals surface area contributed by atoms with Gasteiger partial charge in [-0.3, -0.25) is 9.05 Å². The second kappa shape index (κ2) is 23.1. The minimum absolute atomic E-state index is 0.0333. The van der Waals surface area contributed by atoms with Crippen LogP contribution >= 0.6 is 7.82 Å². The SMILES string of the molecule is CCCCCCCCCCCCCCCCCCOC[C@H](COP(=O)(O)OC[C@H]1O[C@@](C)(c2ccc3c(N)ncnn23)[C@H](O)[C@@H]1O)Oc1cc(C#N)ccn1. The lowest BCUT2D eigenvalue weighted by atomic mass is 9.93. The normalized spacial score (nSPS) is 21.4. The van der Waals surface area contributed by atoms with Gasteiger partial charge in [-0.05, 0) is 31.5 Å². The number of unbranched alkanes of at least 4 members (excludes halogenated alkanes) is 15. The zero-order valence-corrected chi connectivity index (χ0v) is 33.4. The third-order valence-corrected chi connectivity index (χ3v) is 11.0. The van der Waals surface area contributed by atoms with Crippen LogP contribution in [0.4, 0.5) is 5.82 Å². The van der Waals surface area contributed by atoms with Crippen molar-refractivity contribution in [2.75, 3.05) is 32.2 Å². The number of fused-ring (bicyclic) bond motifs is 1. The first kappa shape index (κ1) is 44.5. The van der Waals surface area contributed by atoms with Crippen LogP contribution in [0.15, 0.2) is 36.8 Å². The van der Waals surface area contributed by atoms with Gasteiger partial charge < -0.3 is 35.1 Å². The molecule has 3 aromatic heterocycles. The van der Waals surface area contributed by atoms with Crippen LogP contribution in [0.3, 0.4) is 0 Å². The summed E-state index contributed by atoms with van der Waals surface area (Å²) in [6.45, 7) is 3.35. The molecule has 1 aliphatic rings. The fourth-order valence-corrected chi connectivity index (χ4v) is 7.60. The van der Waals surface area contributed by atoms with Gasteiger partial charge in [-0.1, -0.05) is 103 Å². The first-order chi connectivity index (χ1) is 26.6. The van der Waals surface area contributed by atoms with E-state index < -0.39 is 51.1 Å². The summed E-state index contributed by atoms with van der Waals surface area (Å²) in [4.78, 5) is 18.6. The Morgan fingerprint density at radius 2 is 1.58 bits per heavy atom. The summed E-state index contributed by atoms with van der Waals surface area (Å²) in [7, 11) is -4.71. The zero-order chi connectivity index (χ0) is 39.5. The molecule has 5 N–H and O–H groups in total. The molecule has 55 heavy (non-hydrogen) atoms. The van der Waals surface area contributed by atoms with E-state index in [2.05, 4.69) is 22.0 Å².